The molecule has 0 saturated heterocycles. The topological polar surface area (TPSA) is 90.7 Å². The van der Waals surface area contributed by atoms with Gasteiger partial charge in [0, 0.05) is 5.56 Å². The van der Waals surface area contributed by atoms with Gasteiger partial charge in [-0.3, -0.25) is 9.59 Å². The highest BCUT2D eigenvalue weighted by atomic mass is 16.5. The summed E-state index contributed by atoms with van der Waals surface area (Å²) >= 11 is 0. The Balaban J connectivity index is 1.95. The van der Waals surface area contributed by atoms with E-state index in [4.69, 9.17) is 15.2 Å². The average molecular weight is 356 g/mol. The average Bonchev–Trinajstić information content (AvgIpc) is 2.64. The van der Waals surface area contributed by atoms with Crippen molar-refractivity contribution in [3.63, 3.8) is 0 Å². The number of nitrogens with one attached hydrogen (secondary N) is 1. The second-order valence-corrected chi connectivity index (χ2v) is 6.24. The zero-order valence-electron chi connectivity index (χ0n) is 15.2. The summed E-state index contributed by atoms with van der Waals surface area (Å²) in [4.78, 5) is 23.3. The van der Waals surface area contributed by atoms with Gasteiger partial charge in [0.1, 0.15) is 11.5 Å². The normalized spacial score (nSPS) is 11.7. The van der Waals surface area contributed by atoms with Gasteiger partial charge in [-0.2, -0.15) is 0 Å². The second kappa shape index (κ2) is 8.89. The van der Waals surface area contributed by atoms with Gasteiger partial charge >= 0.3 is 0 Å². The first-order valence-corrected chi connectivity index (χ1v) is 8.36. The van der Waals surface area contributed by atoms with Crippen LogP contribution in [0.25, 0.3) is 0 Å². The Morgan fingerprint density at radius 3 is 2.08 bits per heavy atom. The van der Waals surface area contributed by atoms with Gasteiger partial charge in [-0.1, -0.05) is 26.0 Å². The third-order valence-electron chi connectivity index (χ3n) is 3.97. The molecular weight excluding hydrogens is 332 g/mol. The molecule has 0 aromatic heterocycles. The van der Waals surface area contributed by atoms with E-state index in [9.17, 15) is 9.59 Å². The molecule has 1 atom stereocenters. The Kier molecular flexibility index (Phi) is 6.60. The fourth-order valence-corrected chi connectivity index (χ4v) is 2.53. The van der Waals surface area contributed by atoms with Crippen LogP contribution in [0.15, 0.2) is 48.5 Å². The van der Waals surface area contributed by atoms with Gasteiger partial charge in [0.2, 0.25) is 5.91 Å². The van der Waals surface area contributed by atoms with Crippen LogP contribution in [0.3, 0.4) is 0 Å². The van der Waals surface area contributed by atoms with Crippen LogP contribution in [-0.2, 0) is 4.79 Å². The minimum atomic E-state index is -0.506. The van der Waals surface area contributed by atoms with Crippen molar-refractivity contribution in [3.8, 4) is 11.5 Å². The number of nitrogens with two attached hydrogens (primary N) is 1. The molecule has 2 amide bonds. The summed E-state index contributed by atoms with van der Waals surface area (Å²) in [5.41, 5.74) is 6.58. The van der Waals surface area contributed by atoms with Gasteiger partial charge in [0.25, 0.3) is 5.91 Å². The van der Waals surface area contributed by atoms with E-state index >= 15 is 0 Å². The third-order valence-corrected chi connectivity index (χ3v) is 3.97. The van der Waals surface area contributed by atoms with Crippen LogP contribution in [0.2, 0.25) is 0 Å². The smallest absolute Gasteiger partial charge is 0.258 e. The van der Waals surface area contributed by atoms with E-state index in [1.807, 2.05) is 38.1 Å². The van der Waals surface area contributed by atoms with E-state index in [1.165, 1.54) is 0 Å². The standard InChI is InChI=1S/C20H24N2O4/c1-13(2)19(14-4-8-16(25-3)9-5-14)22-18(23)12-26-17-10-6-15(7-11-17)20(21)24/h4-11,13,19H,12H2,1-3H3,(H2,21,24)(H,22,23). The number of primary amides is 1. The lowest BCUT2D eigenvalue weighted by atomic mass is 9.96. The summed E-state index contributed by atoms with van der Waals surface area (Å²) in [6.07, 6.45) is 0. The summed E-state index contributed by atoms with van der Waals surface area (Å²) in [5.74, 6) is 0.746. The van der Waals surface area contributed by atoms with E-state index in [0.717, 1.165) is 11.3 Å². The van der Waals surface area contributed by atoms with Crippen molar-refractivity contribution < 1.29 is 19.1 Å². The van der Waals surface area contributed by atoms with Crippen LogP contribution in [-0.4, -0.2) is 25.5 Å². The molecule has 1 unspecified atom stereocenters. The first kappa shape index (κ1) is 19.3. The maximum absolute atomic E-state index is 12.3. The zero-order chi connectivity index (χ0) is 19.1. The highest BCUT2D eigenvalue weighted by Gasteiger charge is 2.18. The van der Waals surface area contributed by atoms with Crippen molar-refractivity contribution in [1.82, 2.24) is 5.32 Å². The molecule has 0 fully saturated rings. The number of amides is 2. The molecule has 26 heavy (non-hydrogen) atoms. The molecule has 0 saturated carbocycles. The Bertz CT molecular complexity index is 739. The van der Waals surface area contributed by atoms with E-state index in [1.54, 1.807) is 31.4 Å². The third kappa shape index (κ3) is 5.24. The van der Waals surface area contributed by atoms with Crippen molar-refractivity contribution >= 4 is 11.8 Å². The first-order chi connectivity index (χ1) is 12.4. The Labute approximate surface area is 153 Å². The van der Waals surface area contributed by atoms with Crippen LogP contribution < -0.4 is 20.5 Å². The summed E-state index contributed by atoms with van der Waals surface area (Å²) in [7, 11) is 1.62. The van der Waals surface area contributed by atoms with Gasteiger partial charge in [-0.05, 0) is 47.9 Å². The van der Waals surface area contributed by atoms with Crippen molar-refractivity contribution in [2.75, 3.05) is 13.7 Å². The Morgan fingerprint density at radius 1 is 1.00 bits per heavy atom. The summed E-state index contributed by atoms with van der Waals surface area (Å²) in [5, 5.41) is 2.99. The molecule has 2 rings (SSSR count). The highest BCUT2D eigenvalue weighted by Crippen LogP contribution is 2.24. The van der Waals surface area contributed by atoms with E-state index < -0.39 is 5.91 Å². The van der Waals surface area contributed by atoms with Crippen molar-refractivity contribution in [2.45, 2.75) is 19.9 Å². The summed E-state index contributed by atoms with van der Waals surface area (Å²) in [6.45, 7) is 3.96. The molecule has 6 heteroatoms. The SMILES string of the molecule is COc1ccc(C(NC(=O)COc2ccc(C(N)=O)cc2)C(C)C)cc1. The van der Waals surface area contributed by atoms with E-state index in [0.29, 0.717) is 11.3 Å². The predicted octanol–water partition coefficient (Wildman–Crippen LogP) is 2.69. The number of ether oxygens (including phenoxy) is 2. The lowest BCUT2D eigenvalue weighted by molar-refractivity contribution is -0.124. The molecule has 0 bridgehead atoms. The minimum Gasteiger partial charge on any atom is -0.497 e. The fourth-order valence-electron chi connectivity index (χ4n) is 2.53. The quantitative estimate of drug-likeness (QED) is 0.761. The number of benzene rings is 2. The molecule has 0 aliphatic rings. The molecule has 0 radical (unpaired) electrons. The van der Waals surface area contributed by atoms with Crippen molar-refractivity contribution in [3.05, 3.63) is 59.7 Å². The Morgan fingerprint density at radius 2 is 1.58 bits per heavy atom. The van der Waals surface area contributed by atoms with Crippen LogP contribution in [0.1, 0.15) is 35.8 Å². The number of rotatable bonds is 8. The van der Waals surface area contributed by atoms with Crippen molar-refractivity contribution in [2.24, 2.45) is 11.7 Å². The molecule has 6 nitrogen and oxygen atoms in total. The number of carbonyl (C=O) groups is 2. The zero-order valence-corrected chi connectivity index (χ0v) is 15.2. The maximum Gasteiger partial charge on any atom is 0.258 e. The molecule has 2 aromatic rings. The van der Waals surface area contributed by atoms with Gasteiger partial charge in [-0.25, -0.2) is 0 Å². The molecule has 0 aliphatic heterocycles. The molecular formula is C20H24N2O4. The predicted molar refractivity (Wildman–Crippen MR) is 99.2 cm³/mol. The second-order valence-electron chi connectivity index (χ2n) is 6.24. The van der Waals surface area contributed by atoms with Gasteiger partial charge < -0.3 is 20.5 Å². The fraction of sp³-hybridized carbons (Fsp3) is 0.300. The van der Waals surface area contributed by atoms with Crippen LogP contribution in [0.4, 0.5) is 0 Å². The maximum atomic E-state index is 12.3. The number of hydrogen-bond acceptors (Lipinski definition) is 4. The number of hydrogen-bond donors (Lipinski definition) is 2. The van der Waals surface area contributed by atoms with Crippen LogP contribution in [0, 0.1) is 5.92 Å². The summed E-state index contributed by atoms with van der Waals surface area (Å²) in [6, 6.07) is 13.8. The van der Waals surface area contributed by atoms with Gasteiger partial charge in [0.15, 0.2) is 6.61 Å². The molecule has 138 valence electrons. The van der Waals surface area contributed by atoms with Gasteiger partial charge in [-0.15, -0.1) is 0 Å². The summed E-state index contributed by atoms with van der Waals surface area (Å²) < 4.78 is 10.6. The largest absolute Gasteiger partial charge is 0.497 e. The Hall–Kier alpha value is -3.02. The lowest BCUT2D eigenvalue weighted by Gasteiger charge is -2.23. The number of methoxy groups -OCH3 is 1. The number of carbonyl (C=O) groups excluding carboxylic acids is 2. The van der Waals surface area contributed by atoms with Crippen LogP contribution in [0.5, 0.6) is 11.5 Å². The van der Waals surface area contributed by atoms with Crippen LogP contribution >= 0.6 is 0 Å². The van der Waals surface area contributed by atoms with Crippen molar-refractivity contribution in [1.29, 1.82) is 0 Å². The van der Waals surface area contributed by atoms with E-state index in [-0.39, 0.29) is 24.5 Å². The highest BCUT2D eigenvalue weighted by molar-refractivity contribution is 5.92. The first-order valence-electron chi connectivity index (χ1n) is 8.36. The van der Waals surface area contributed by atoms with E-state index in [2.05, 4.69) is 5.32 Å². The minimum absolute atomic E-state index is 0.116. The molecule has 0 heterocycles. The molecule has 0 spiro atoms. The molecule has 2 aromatic carbocycles. The molecule has 0 aliphatic carbocycles. The monoisotopic (exact) mass is 356 g/mol. The van der Waals surface area contributed by atoms with Gasteiger partial charge in [0.05, 0.1) is 13.2 Å². The molecule has 3 N–H and O–H groups in total. The lowest BCUT2D eigenvalue weighted by Crippen LogP contribution is -2.35.